The monoisotopic (exact) mass is 402 g/mol. The number of phenols is 1. The minimum absolute atomic E-state index is 0.298. The highest BCUT2D eigenvalue weighted by atomic mass is 16.5. The van der Waals surface area contributed by atoms with Crippen molar-refractivity contribution in [3.63, 3.8) is 0 Å². The quantitative estimate of drug-likeness (QED) is 0.467. The molecule has 2 aliphatic carbocycles. The molecule has 0 unspecified atom stereocenters. The maximum absolute atomic E-state index is 11.6. The summed E-state index contributed by atoms with van der Waals surface area (Å²) in [5, 5.41) is 9.80. The number of fused-ring (bicyclic) bond motifs is 2. The van der Waals surface area contributed by atoms with Gasteiger partial charge >= 0.3 is 5.97 Å². The van der Waals surface area contributed by atoms with Gasteiger partial charge in [0.05, 0.1) is 6.61 Å². The maximum atomic E-state index is 11.6. The van der Waals surface area contributed by atoms with Crippen molar-refractivity contribution in [3.8, 4) is 5.75 Å². The first-order valence-electron chi connectivity index (χ1n) is 11.1. The van der Waals surface area contributed by atoms with Crippen LogP contribution in [0.5, 0.6) is 5.75 Å². The molecule has 156 valence electrons. The van der Waals surface area contributed by atoms with Crippen LogP contribution in [0.3, 0.4) is 0 Å². The Hall–Kier alpha value is -2.81. The first-order valence-corrected chi connectivity index (χ1v) is 11.1. The molecule has 0 amide bonds. The summed E-state index contributed by atoms with van der Waals surface area (Å²) in [6.45, 7) is 2.19. The number of carbonyl (C=O) groups excluding carboxylic acids is 1. The van der Waals surface area contributed by atoms with Gasteiger partial charge in [-0.3, -0.25) is 0 Å². The third-order valence-corrected chi connectivity index (χ3v) is 6.43. The summed E-state index contributed by atoms with van der Waals surface area (Å²) in [5.74, 6) is 1.32. The van der Waals surface area contributed by atoms with E-state index in [4.69, 9.17) is 4.74 Å². The van der Waals surface area contributed by atoms with Crippen molar-refractivity contribution in [2.24, 2.45) is 11.8 Å². The lowest BCUT2D eigenvalue weighted by atomic mass is 9.65. The van der Waals surface area contributed by atoms with Gasteiger partial charge in [-0.15, -0.1) is 0 Å². The number of carbonyl (C=O) groups is 1. The fraction of sp³-hybridized carbons (Fsp3) is 0.370. The Bertz CT molecular complexity index is 911. The fourth-order valence-corrected chi connectivity index (χ4v) is 5.12. The number of rotatable bonds is 5. The highest BCUT2D eigenvalue weighted by Gasteiger charge is 2.33. The molecule has 2 fully saturated rings. The molecular weight excluding hydrogens is 372 g/mol. The molecule has 0 aliphatic heterocycles. The molecule has 0 atom stereocenters. The minimum atomic E-state index is -0.316. The second kappa shape index (κ2) is 9.34. The minimum Gasteiger partial charge on any atom is -0.508 e. The molecule has 2 bridgehead atoms. The number of aromatic hydroxyl groups is 1. The third kappa shape index (κ3) is 4.51. The topological polar surface area (TPSA) is 46.5 Å². The smallest absolute Gasteiger partial charge is 0.330 e. The summed E-state index contributed by atoms with van der Waals surface area (Å²) in [4.78, 5) is 11.6. The maximum Gasteiger partial charge on any atom is 0.330 e. The van der Waals surface area contributed by atoms with Gasteiger partial charge in [-0.25, -0.2) is 4.79 Å². The van der Waals surface area contributed by atoms with Crippen LogP contribution in [0.4, 0.5) is 0 Å². The summed E-state index contributed by atoms with van der Waals surface area (Å²) in [7, 11) is 0. The zero-order chi connectivity index (χ0) is 20.9. The van der Waals surface area contributed by atoms with Crippen LogP contribution in [0.15, 0.2) is 60.2 Å². The molecule has 3 nitrogen and oxygen atoms in total. The Balaban J connectivity index is 1.73. The van der Waals surface area contributed by atoms with Gasteiger partial charge in [0.2, 0.25) is 0 Å². The van der Waals surface area contributed by atoms with Crippen LogP contribution in [-0.2, 0) is 9.53 Å². The second-order valence-corrected chi connectivity index (χ2v) is 8.34. The van der Waals surface area contributed by atoms with E-state index in [0.29, 0.717) is 24.2 Å². The molecule has 1 N–H and O–H groups in total. The van der Waals surface area contributed by atoms with E-state index in [-0.39, 0.29) is 5.97 Å². The first-order chi connectivity index (χ1) is 14.7. The Labute approximate surface area is 179 Å². The summed E-state index contributed by atoms with van der Waals surface area (Å²) >= 11 is 0. The number of ether oxygens (including phenoxy) is 1. The largest absolute Gasteiger partial charge is 0.508 e. The molecule has 0 saturated heterocycles. The normalized spacial score (nSPS) is 20.9. The van der Waals surface area contributed by atoms with Gasteiger partial charge in [0.1, 0.15) is 5.75 Å². The number of hydrogen-bond acceptors (Lipinski definition) is 3. The zero-order valence-electron chi connectivity index (χ0n) is 17.6. The highest BCUT2D eigenvalue weighted by molar-refractivity contribution is 5.87. The Morgan fingerprint density at radius 2 is 1.47 bits per heavy atom. The summed E-state index contributed by atoms with van der Waals surface area (Å²) < 4.78 is 4.96. The van der Waals surface area contributed by atoms with Crippen molar-refractivity contribution in [1.29, 1.82) is 0 Å². The predicted molar refractivity (Wildman–Crippen MR) is 121 cm³/mol. The van der Waals surface area contributed by atoms with Crippen molar-refractivity contribution in [1.82, 2.24) is 0 Å². The van der Waals surface area contributed by atoms with E-state index in [2.05, 4.69) is 24.3 Å². The highest BCUT2D eigenvalue weighted by Crippen LogP contribution is 2.48. The van der Waals surface area contributed by atoms with E-state index in [1.54, 1.807) is 30.7 Å². The van der Waals surface area contributed by atoms with Gasteiger partial charge in [0, 0.05) is 6.08 Å². The van der Waals surface area contributed by atoms with E-state index in [1.807, 2.05) is 12.1 Å². The van der Waals surface area contributed by atoms with Crippen LogP contribution in [0.1, 0.15) is 62.1 Å². The van der Waals surface area contributed by atoms with E-state index in [9.17, 15) is 9.90 Å². The van der Waals surface area contributed by atoms with Crippen molar-refractivity contribution < 1.29 is 14.6 Å². The van der Waals surface area contributed by atoms with Gasteiger partial charge in [-0.1, -0.05) is 54.8 Å². The SMILES string of the molecule is CCOC(=O)C=Cc1ccc(C(=C2C3CCCC2CCC3)c2ccc(O)cc2)cc1. The Morgan fingerprint density at radius 3 is 2.00 bits per heavy atom. The molecule has 0 heterocycles. The molecular formula is C27H30O3. The zero-order valence-corrected chi connectivity index (χ0v) is 17.6. The van der Waals surface area contributed by atoms with Crippen molar-refractivity contribution >= 4 is 17.6 Å². The lowest BCUT2D eigenvalue weighted by Gasteiger charge is -2.39. The number of esters is 1. The molecule has 30 heavy (non-hydrogen) atoms. The molecule has 3 heteroatoms. The Kier molecular flexibility index (Phi) is 6.37. The third-order valence-electron chi connectivity index (χ3n) is 6.43. The molecule has 2 aliphatic rings. The first kappa shape index (κ1) is 20.5. The molecule has 0 aromatic heterocycles. The summed E-state index contributed by atoms with van der Waals surface area (Å²) in [6, 6.07) is 16.1. The van der Waals surface area contributed by atoms with E-state index in [0.717, 1.165) is 5.56 Å². The average Bonchev–Trinajstić information content (AvgIpc) is 2.75. The van der Waals surface area contributed by atoms with Crippen molar-refractivity contribution in [3.05, 3.63) is 76.9 Å². The van der Waals surface area contributed by atoms with Gasteiger partial charge in [0.15, 0.2) is 0 Å². The van der Waals surface area contributed by atoms with Crippen LogP contribution in [0.2, 0.25) is 0 Å². The van der Waals surface area contributed by atoms with Crippen LogP contribution >= 0.6 is 0 Å². The van der Waals surface area contributed by atoms with Crippen LogP contribution in [0, 0.1) is 11.8 Å². The number of benzene rings is 2. The van der Waals surface area contributed by atoms with Gasteiger partial charge < -0.3 is 9.84 Å². The molecule has 2 aromatic rings. The van der Waals surface area contributed by atoms with Gasteiger partial charge in [-0.2, -0.15) is 0 Å². The summed E-state index contributed by atoms with van der Waals surface area (Å²) in [6.07, 6.45) is 11.1. The summed E-state index contributed by atoms with van der Waals surface area (Å²) in [5.41, 5.74) is 6.32. The number of hydrogen-bond donors (Lipinski definition) is 1. The van der Waals surface area contributed by atoms with Gasteiger partial charge in [0.25, 0.3) is 0 Å². The lowest BCUT2D eigenvalue weighted by Crippen LogP contribution is -2.25. The molecule has 4 rings (SSSR count). The van der Waals surface area contributed by atoms with Crippen LogP contribution in [-0.4, -0.2) is 17.7 Å². The van der Waals surface area contributed by atoms with Gasteiger partial charge in [-0.05, 0) is 84.9 Å². The van der Waals surface area contributed by atoms with E-state index in [1.165, 1.54) is 61.3 Å². The predicted octanol–water partition coefficient (Wildman–Crippen LogP) is 6.37. The second-order valence-electron chi connectivity index (χ2n) is 8.34. The fourth-order valence-electron chi connectivity index (χ4n) is 5.12. The van der Waals surface area contributed by atoms with Crippen LogP contribution in [0.25, 0.3) is 11.6 Å². The molecule has 2 saturated carbocycles. The van der Waals surface area contributed by atoms with E-state index < -0.39 is 0 Å². The number of phenolic OH excluding ortho intramolecular Hbond substituents is 1. The number of allylic oxidation sites excluding steroid dienone is 1. The Morgan fingerprint density at radius 1 is 0.933 bits per heavy atom. The van der Waals surface area contributed by atoms with E-state index >= 15 is 0 Å². The van der Waals surface area contributed by atoms with Crippen LogP contribution < -0.4 is 0 Å². The molecule has 0 spiro atoms. The van der Waals surface area contributed by atoms with Crippen molar-refractivity contribution in [2.75, 3.05) is 6.61 Å². The van der Waals surface area contributed by atoms with Crippen molar-refractivity contribution in [2.45, 2.75) is 45.4 Å². The molecule has 0 radical (unpaired) electrons. The lowest BCUT2D eigenvalue weighted by molar-refractivity contribution is -0.137. The molecule has 2 aromatic carbocycles. The standard InChI is InChI=1S/C27H30O3/c1-2-30-25(29)18-11-19-9-12-22(13-10-19)27(23-14-16-24(28)17-15-23)26-20-5-3-6-21(26)8-4-7-20/h9-18,20-21,28H,2-8H2,1H3. The average molecular weight is 403 g/mol.